The van der Waals surface area contributed by atoms with Gasteiger partial charge >= 0.3 is 0 Å². The molecule has 0 bridgehead atoms. The van der Waals surface area contributed by atoms with Gasteiger partial charge < -0.3 is 9.47 Å². The lowest BCUT2D eigenvalue weighted by Crippen LogP contribution is -2.11. The van der Waals surface area contributed by atoms with Crippen molar-refractivity contribution in [3.8, 4) is 11.5 Å². The molecule has 0 saturated carbocycles. The van der Waals surface area contributed by atoms with Crippen LogP contribution in [0, 0.1) is 10.1 Å². The zero-order valence-corrected chi connectivity index (χ0v) is 16.7. The van der Waals surface area contributed by atoms with Crippen LogP contribution in [-0.4, -0.2) is 23.1 Å². The highest BCUT2D eigenvalue weighted by Crippen LogP contribution is 2.35. The van der Waals surface area contributed by atoms with Crippen molar-refractivity contribution in [1.29, 1.82) is 0 Å². The number of nitrogens with zero attached hydrogens (tertiary/aromatic N) is 1. The van der Waals surface area contributed by atoms with Crippen molar-refractivity contribution < 1.29 is 24.0 Å². The van der Waals surface area contributed by atoms with Crippen LogP contribution in [0.3, 0.4) is 0 Å². The quantitative estimate of drug-likeness (QED) is 0.230. The number of rotatable bonds is 6. The molecule has 3 aromatic carbocycles. The van der Waals surface area contributed by atoms with Crippen molar-refractivity contribution in [2.75, 3.05) is 6.61 Å². The summed E-state index contributed by atoms with van der Waals surface area (Å²) in [4.78, 5) is 35.0. The van der Waals surface area contributed by atoms with Crippen LogP contribution in [0.5, 0.6) is 11.5 Å². The number of hydrogen-bond donors (Lipinski definition) is 0. The number of ether oxygens (including phenoxy) is 2. The molecule has 0 spiro atoms. The number of allylic oxidation sites excluding steroid dienone is 1. The highest BCUT2D eigenvalue weighted by molar-refractivity contribution is 6.30. The summed E-state index contributed by atoms with van der Waals surface area (Å²) < 4.78 is 11.2. The first-order valence-electron chi connectivity index (χ1n) is 9.15. The molecule has 4 rings (SSSR count). The number of carbonyl (C=O) groups excluding carboxylic acids is 2. The van der Waals surface area contributed by atoms with Crippen LogP contribution in [0.2, 0.25) is 5.02 Å². The second kappa shape index (κ2) is 8.41. The molecule has 0 amide bonds. The molecule has 0 atom stereocenters. The van der Waals surface area contributed by atoms with E-state index in [1.165, 1.54) is 30.3 Å². The van der Waals surface area contributed by atoms with Gasteiger partial charge in [-0.15, -0.1) is 0 Å². The average molecular weight is 436 g/mol. The topological polar surface area (TPSA) is 95.7 Å². The number of fused-ring (bicyclic) bond motifs is 1. The molecular weight excluding hydrogens is 422 g/mol. The molecule has 7 nitrogen and oxygen atoms in total. The zero-order chi connectivity index (χ0) is 22.0. The number of benzene rings is 3. The Morgan fingerprint density at radius 2 is 1.77 bits per heavy atom. The molecule has 8 heteroatoms. The highest BCUT2D eigenvalue weighted by atomic mass is 35.5. The fraction of sp³-hybridized carbons (Fsp3) is 0.0435. The van der Waals surface area contributed by atoms with E-state index in [9.17, 15) is 19.7 Å². The van der Waals surface area contributed by atoms with Gasteiger partial charge in [-0.2, -0.15) is 0 Å². The molecule has 1 aliphatic rings. The van der Waals surface area contributed by atoms with Crippen molar-refractivity contribution >= 4 is 34.9 Å². The van der Waals surface area contributed by atoms with Crippen molar-refractivity contribution in [3.63, 3.8) is 0 Å². The van der Waals surface area contributed by atoms with Gasteiger partial charge in [-0.1, -0.05) is 11.6 Å². The molecule has 3 aromatic rings. The molecule has 1 aliphatic heterocycles. The van der Waals surface area contributed by atoms with Gasteiger partial charge in [0.1, 0.15) is 11.5 Å². The number of hydrogen-bond acceptors (Lipinski definition) is 6. The third kappa shape index (κ3) is 4.46. The maximum absolute atomic E-state index is 12.6. The second-order valence-corrected chi connectivity index (χ2v) is 7.10. The van der Waals surface area contributed by atoms with Crippen LogP contribution in [0.4, 0.5) is 5.69 Å². The first-order valence-corrected chi connectivity index (χ1v) is 9.53. The lowest BCUT2D eigenvalue weighted by atomic mass is 10.1. The van der Waals surface area contributed by atoms with Crippen molar-refractivity contribution in [2.45, 2.75) is 0 Å². The Hall–Kier alpha value is -3.97. The zero-order valence-electron chi connectivity index (χ0n) is 15.9. The Morgan fingerprint density at radius 1 is 1.06 bits per heavy atom. The van der Waals surface area contributed by atoms with E-state index >= 15 is 0 Å². The molecule has 31 heavy (non-hydrogen) atoms. The maximum atomic E-state index is 12.6. The summed E-state index contributed by atoms with van der Waals surface area (Å²) in [5.74, 6) is 0.267. The van der Waals surface area contributed by atoms with Crippen molar-refractivity contribution in [1.82, 2.24) is 0 Å². The molecule has 1 heterocycles. The molecule has 0 radical (unpaired) electrons. The summed E-state index contributed by atoms with van der Waals surface area (Å²) >= 11 is 5.82. The third-order valence-electron chi connectivity index (χ3n) is 4.58. The SMILES string of the molecule is O=C(COc1ccc2c(c1)O/C(=C\c1ccc([N+](=O)[O-])cc1)C2=O)c1ccc(Cl)cc1. The van der Waals surface area contributed by atoms with Gasteiger partial charge in [0.15, 0.2) is 18.1 Å². The Morgan fingerprint density at radius 3 is 2.45 bits per heavy atom. The maximum Gasteiger partial charge on any atom is 0.269 e. The van der Waals surface area contributed by atoms with Crippen molar-refractivity contribution in [3.05, 3.63) is 104 Å². The first-order chi connectivity index (χ1) is 14.9. The van der Waals surface area contributed by atoms with Gasteiger partial charge in [-0.3, -0.25) is 19.7 Å². The standard InChI is InChI=1S/C23H14ClNO6/c24-16-5-3-15(4-6-16)20(26)13-30-18-9-10-19-21(12-18)31-22(23(19)27)11-14-1-7-17(8-2-14)25(28)29/h1-12H,13H2/b22-11-. The summed E-state index contributed by atoms with van der Waals surface area (Å²) in [6.45, 7) is -0.181. The Bertz CT molecular complexity index is 1220. The molecule has 0 unspecified atom stereocenters. The number of ketones is 2. The van der Waals surface area contributed by atoms with E-state index in [4.69, 9.17) is 21.1 Å². The van der Waals surface area contributed by atoms with Gasteiger partial charge in [0.2, 0.25) is 5.78 Å². The van der Waals surface area contributed by atoms with Crippen LogP contribution in [0.25, 0.3) is 6.08 Å². The molecule has 0 N–H and O–H groups in total. The number of halogens is 1. The van der Waals surface area contributed by atoms with Crippen LogP contribution < -0.4 is 9.47 Å². The van der Waals surface area contributed by atoms with E-state index in [1.807, 2.05) is 0 Å². The largest absolute Gasteiger partial charge is 0.485 e. The number of Topliss-reactive ketones (excluding diaryl/α,β-unsaturated/α-hetero) is 2. The van der Waals surface area contributed by atoms with Crippen LogP contribution in [-0.2, 0) is 0 Å². The Balaban J connectivity index is 1.45. The van der Waals surface area contributed by atoms with Gasteiger partial charge in [0, 0.05) is 28.8 Å². The summed E-state index contributed by atoms with van der Waals surface area (Å²) in [6, 6.07) is 16.9. The van der Waals surface area contributed by atoms with Gasteiger partial charge in [0.05, 0.1) is 10.5 Å². The Kier molecular flexibility index (Phi) is 5.51. The van der Waals surface area contributed by atoms with E-state index in [0.29, 0.717) is 33.2 Å². The fourth-order valence-corrected chi connectivity index (χ4v) is 3.09. The highest BCUT2D eigenvalue weighted by Gasteiger charge is 2.28. The van der Waals surface area contributed by atoms with E-state index in [1.54, 1.807) is 42.5 Å². The lowest BCUT2D eigenvalue weighted by molar-refractivity contribution is -0.384. The molecular formula is C23H14ClNO6. The van der Waals surface area contributed by atoms with Gasteiger partial charge in [-0.05, 0) is 60.2 Å². The Labute approximate surface area is 181 Å². The molecule has 0 aromatic heterocycles. The molecule has 0 aliphatic carbocycles. The van der Waals surface area contributed by atoms with Crippen LogP contribution >= 0.6 is 11.6 Å². The minimum absolute atomic E-state index is 0.0426. The summed E-state index contributed by atoms with van der Waals surface area (Å²) in [6.07, 6.45) is 1.51. The number of carbonyl (C=O) groups is 2. The normalized spacial score (nSPS) is 13.6. The van der Waals surface area contributed by atoms with Crippen molar-refractivity contribution in [2.24, 2.45) is 0 Å². The summed E-state index contributed by atoms with van der Waals surface area (Å²) in [5.41, 5.74) is 1.39. The fourth-order valence-electron chi connectivity index (χ4n) is 2.97. The van der Waals surface area contributed by atoms with E-state index < -0.39 is 4.92 Å². The van der Waals surface area contributed by atoms with E-state index in [0.717, 1.165) is 0 Å². The summed E-state index contributed by atoms with van der Waals surface area (Å²) in [7, 11) is 0. The predicted molar refractivity (Wildman–Crippen MR) is 114 cm³/mol. The van der Waals surface area contributed by atoms with E-state index in [2.05, 4.69) is 0 Å². The first kappa shape index (κ1) is 20.3. The molecule has 154 valence electrons. The molecule has 0 fully saturated rings. The average Bonchev–Trinajstić information content (AvgIpc) is 3.07. The minimum Gasteiger partial charge on any atom is -0.485 e. The number of nitro groups is 1. The monoisotopic (exact) mass is 435 g/mol. The minimum atomic E-state index is -0.497. The smallest absolute Gasteiger partial charge is 0.269 e. The van der Waals surface area contributed by atoms with Crippen LogP contribution in [0.15, 0.2) is 72.5 Å². The second-order valence-electron chi connectivity index (χ2n) is 6.67. The van der Waals surface area contributed by atoms with Gasteiger partial charge in [-0.25, -0.2) is 0 Å². The third-order valence-corrected chi connectivity index (χ3v) is 4.83. The van der Waals surface area contributed by atoms with Crippen LogP contribution in [0.1, 0.15) is 26.3 Å². The number of non-ortho nitro benzene ring substituents is 1. The van der Waals surface area contributed by atoms with Gasteiger partial charge in [0.25, 0.3) is 5.69 Å². The lowest BCUT2D eigenvalue weighted by Gasteiger charge is -2.07. The molecule has 0 saturated heterocycles. The summed E-state index contributed by atoms with van der Waals surface area (Å²) in [5, 5.41) is 11.3. The predicted octanol–water partition coefficient (Wildman–Crippen LogP) is 5.13. The number of nitro benzene ring substituents is 1. The van der Waals surface area contributed by atoms with E-state index in [-0.39, 0.29) is 29.6 Å².